The van der Waals surface area contributed by atoms with Gasteiger partial charge in [0.15, 0.2) is 0 Å². The average Bonchev–Trinajstić information content (AvgIpc) is 2.85. The van der Waals surface area contributed by atoms with Crippen molar-refractivity contribution >= 4 is 29.3 Å². The maximum Gasteiger partial charge on any atom is 0.224 e. The summed E-state index contributed by atoms with van der Waals surface area (Å²) in [6.45, 7) is 2.63. The van der Waals surface area contributed by atoms with E-state index in [1.165, 1.54) is 18.4 Å². The summed E-state index contributed by atoms with van der Waals surface area (Å²) in [5, 5.41) is 6.72. The molecule has 0 fully saturated rings. The van der Waals surface area contributed by atoms with Crippen LogP contribution in [-0.4, -0.2) is 39.3 Å². The number of rotatable bonds is 8. The molecule has 7 heteroatoms. The van der Waals surface area contributed by atoms with Gasteiger partial charge in [-0.2, -0.15) is 0 Å². The van der Waals surface area contributed by atoms with Gasteiger partial charge in [-0.15, -0.1) is 12.4 Å². The molecule has 1 amide bonds. The van der Waals surface area contributed by atoms with Crippen LogP contribution in [0.2, 0.25) is 0 Å². The first-order chi connectivity index (χ1) is 10.2. The molecule has 1 aromatic carbocycles. The molecule has 2 rings (SSSR count). The highest BCUT2D eigenvalue weighted by molar-refractivity contribution is 5.87. The summed E-state index contributed by atoms with van der Waals surface area (Å²) >= 11 is 0. The summed E-state index contributed by atoms with van der Waals surface area (Å²) in [7, 11) is 1.64. The van der Waals surface area contributed by atoms with Crippen LogP contribution < -0.4 is 10.6 Å². The van der Waals surface area contributed by atoms with Crippen molar-refractivity contribution in [3.63, 3.8) is 0 Å². The van der Waals surface area contributed by atoms with Gasteiger partial charge in [-0.3, -0.25) is 4.79 Å². The molecule has 0 radical (unpaired) electrons. The van der Waals surface area contributed by atoms with Crippen LogP contribution in [0.4, 0.5) is 4.39 Å². The van der Waals surface area contributed by atoms with Crippen LogP contribution in [0.1, 0.15) is 5.56 Å². The zero-order valence-corrected chi connectivity index (χ0v) is 13.2. The van der Waals surface area contributed by atoms with Crippen LogP contribution in [0.3, 0.4) is 0 Å². The van der Waals surface area contributed by atoms with Gasteiger partial charge in [0.05, 0.1) is 19.3 Å². The lowest BCUT2D eigenvalue weighted by atomic mass is 10.1. The first-order valence-corrected chi connectivity index (χ1v) is 6.82. The van der Waals surface area contributed by atoms with E-state index in [4.69, 9.17) is 9.15 Å². The zero-order chi connectivity index (χ0) is 15.1. The number of amides is 1. The number of nitrogens with one attached hydrogen (secondary N) is 2. The number of carbonyl (C=O) groups excluding carboxylic acids is 1. The summed E-state index contributed by atoms with van der Waals surface area (Å²) in [5.41, 5.74) is 1.22. The Labute approximate surface area is 134 Å². The van der Waals surface area contributed by atoms with Crippen LogP contribution in [0.25, 0.3) is 11.0 Å². The molecule has 0 aliphatic rings. The van der Waals surface area contributed by atoms with Gasteiger partial charge in [0.1, 0.15) is 11.4 Å². The molecule has 0 spiro atoms. The minimum Gasteiger partial charge on any atom is -0.464 e. The summed E-state index contributed by atoms with van der Waals surface area (Å²) < 4.78 is 23.2. The molecular weight excluding hydrogens is 311 g/mol. The molecular formula is C15H20ClFN2O3. The van der Waals surface area contributed by atoms with Crippen LogP contribution in [0.5, 0.6) is 0 Å². The Kier molecular flexibility index (Phi) is 7.87. The molecule has 5 nitrogen and oxygen atoms in total. The van der Waals surface area contributed by atoms with E-state index in [2.05, 4.69) is 10.6 Å². The van der Waals surface area contributed by atoms with Crippen LogP contribution in [0.15, 0.2) is 28.9 Å². The lowest BCUT2D eigenvalue weighted by molar-refractivity contribution is -0.120. The Bertz CT molecular complexity index is 603. The molecule has 0 unspecified atom stereocenters. The number of benzene rings is 1. The van der Waals surface area contributed by atoms with Crippen molar-refractivity contribution in [1.29, 1.82) is 0 Å². The number of hydrogen-bond acceptors (Lipinski definition) is 4. The third kappa shape index (κ3) is 5.29. The van der Waals surface area contributed by atoms with Crippen LogP contribution in [0, 0.1) is 5.82 Å². The van der Waals surface area contributed by atoms with Crippen molar-refractivity contribution in [3.05, 3.63) is 35.8 Å². The fourth-order valence-corrected chi connectivity index (χ4v) is 2.02. The molecule has 0 saturated heterocycles. The second kappa shape index (κ2) is 9.40. The monoisotopic (exact) mass is 330 g/mol. The number of halogens is 2. The van der Waals surface area contributed by atoms with E-state index < -0.39 is 0 Å². The molecule has 1 heterocycles. The molecule has 22 heavy (non-hydrogen) atoms. The molecule has 2 N–H and O–H groups in total. The van der Waals surface area contributed by atoms with E-state index in [1.54, 1.807) is 13.2 Å². The minimum atomic E-state index is -0.352. The summed E-state index contributed by atoms with van der Waals surface area (Å²) in [6.07, 6.45) is 1.72. The number of fused-ring (bicyclic) bond motifs is 1. The van der Waals surface area contributed by atoms with E-state index >= 15 is 0 Å². The predicted octanol–water partition coefficient (Wildman–Crippen LogP) is 1.89. The van der Waals surface area contributed by atoms with Gasteiger partial charge in [0.2, 0.25) is 5.91 Å². The molecule has 122 valence electrons. The Balaban J connectivity index is 0.00000242. The normalized spacial score (nSPS) is 10.5. The molecule has 2 aromatic rings. The van der Waals surface area contributed by atoms with Gasteiger partial charge in [-0.25, -0.2) is 4.39 Å². The lowest BCUT2D eigenvalue weighted by Gasteiger charge is -2.06. The first kappa shape index (κ1) is 18.4. The Morgan fingerprint density at radius 2 is 2.14 bits per heavy atom. The fraction of sp³-hybridized carbons (Fsp3) is 0.400. The number of ether oxygens (including phenoxy) is 1. The third-order valence-electron chi connectivity index (χ3n) is 3.08. The zero-order valence-electron chi connectivity index (χ0n) is 12.4. The van der Waals surface area contributed by atoms with Crippen molar-refractivity contribution in [2.75, 3.05) is 33.4 Å². The van der Waals surface area contributed by atoms with E-state index in [9.17, 15) is 9.18 Å². The standard InChI is InChI=1S/C15H19FN2O3.ClH/c1-20-7-6-17-4-5-18-15(19)8-11-10-21-14-9-12(16)2-3-13(11)14;/h2-3,9-10,17H,4-8H2,1H3,(H,18,19);1H. The summed E-state index contributed by atoms with van der Waals surface area (Å²) in [5.74, 6) is -0.439. The van der Waals surface area contributed by atoms with Crippen molar-refractivity contribution in [3.8, 4) is 0 Å². The summed E-state index contributed by atoms with van der Waals surface area (Å²) in [6, 6.07) is 4.30. The number of furan rings is 1. The first-order valence-electron chi connectivity index (χ1n) is 6.82. The smallest absolute Gasteiger partial charge is 0.224 e. The van der Waals surface area contributed by atoms with Gasteiger partial charge in [-0.1, -0.05) is 0 Å². The van der Waals surface area contributed by atoms with Crippen LogP contribution >= 0.6 is 12.4 Å². The Morgan fingerprint density at radius 3 is 2.91 bits per heavy atom. The molecule has 0 aliphatic heterocycles. The quantitative estimate of drug-likeness (QED) is 0.726. The van der Waals surface area contributed by atoms with Gasteiger partial charge < -0.3 is 19.8 Å². The third-order valence-corrected chi connectivity index (χ3v) is 3.08. The Hall–Kier alpha value is -1.63. The Morgan fingerprint density at radius 1 is 1.32 bits per heavy atom. The topological polar surface area (TPSA) is 63.5 Å². The maximum atomic E-state index is 13.0. The molecule has 0 atom stereocenters. The number of hydrogen-bond donors (Lipinski definition) is 2. The maximum absolute atomic E-state index is 13.0. The SMILES string of the molecule is COCCNCCNC(=O)Cc1coc2cc(F)ccc12.Cl. The highest BCUT2D eigenvalue weighted by Crippen LogP contribution is 2.22. The van der Waals surface area contributed by atoms with Crippen molar-refractivity contribution in [2.24, 2.45) is 0 Å². The predicted molar refractivity (Wildman–Crippen MR) is 84.9 cm³/mol. The lowest BCUT2D eigenvalue weighted by Crippen LogP contribution is -2.33. The number of carbonyl (C=O) groups is 1. The highest BCUT2D eigenvalue weighted by atomic mass is 35.5. The second-order valence-corrected chi connectivity index (χ2v) is 4.67. The van der Waals surface area contributed by atoms with E-state index in [1.807, 2.05) is 0 Å². The molecule has 0 saturated carbocycles. The van der Waals surface area contributed by atoms with Crippen molar-refractivity contribution < 1.29 is 18.3 Å². The summed E-state index contributed by atoms with van der Waals surface area (Å²) in [4.78, 5) is 11.8. The van der Waals surface area contributed by atoms with E-state index in [0.717, 1.165) is 17.5 Å². The second-order valence-electron chi connectivity index (χ2n) is 4.67. The molecule has 0 bridgehead atoms. The molecule has 1 aromatic heterocycles. The van der Waals surface area contributed by atoms with Gasteiger partial charge in [0, 0.05) is 43.8 Å². The fourth-order valence-electron chi connectivity index (χ4n) is 2.02. The van der Waals surface area contributed by atoms with Crippen molar-refractivity contribution in [2.45, 2.75) is 6.42 Å². The van der Waals surface area contributed by atoms with Gasteiger partial charge in [0.25, 0.3) is 0 Å². The number of methoxy groups -OCH3 is 1. The van der Waals surface area contributed by atoms with Crippen molar-refractivity contribution in [1.82, 2.24) is 10.6 Å². The highest BCUT2D eigenvalue weighted by Gasteiger charge is 2.10. The van der Waals surface area contributed by atoms with Gasteiger partial charge >= 0.3 is 0 Å². The van der Waals surface area contributed by atoms with E-state index in [-0.39, 0.29) is 30.6 Å². The van der Waals surface area contributed by atoms with Gasteiger partial charge in [-0.05, 0) is 12.1 Å². The average molecular weight is 331 g/mol. The largest absolute Gasteiger partial charge is 0.464 e. The minimum absolute atomic E-state index is 0. The van der Waals surface area contributed by atoms with E-state index in [0.29, 0.717) is 25.3 Å². The van der Waals surface area contributed by atoms with Crippen LogP contribution in [-0.2, 0) is 16.0 Å². The molecule has 0 aliphatic carbocycles.